The van der Waals surface area contributed by atoms with Gasteiger partial charge in [-0.15, -0.1) is 0 Å². The quantitative estimate of drug-likeness (QED) is 0.113. The van der Waals surface area contributed by atoms with Crippen molar-refractivity contribution in [1.29, 1.82) is 0 Å². The molecule has 0 saturated heterocycles. The van der Waals surface area contributed by atoms with Gasteiger partial charge in [-0.2, -0.15) is 0 Å². The number of hydrogen-bond acceptors (Lipinski definition) is 5. The average Bonchev–Trinajstić information content (AvgIpc) is 2.82. The molecule has 5 nitrogen and oxygen atoms in total. The van der Waals surface area contributed by atoms with Gasteiger partial charge >= 0.3 is 5.97 Å². The molecule has 0 radical (unpaired) electrons. The molecule has 2 rings (SSSR count). The maximum Gasteiger partial charge on any atom is 0.316 e. The smallest absolute Gasteiger partial charge is 0.316 e. The standard InChI is InChI=1S/C31H46FIO5SSi/c1-29(2,3)40(7,8)38-20-21-39(35,36)23-30(4,5)18-13-19-31(6,25-16-12-17-26(33)27(25)32)28(34)37-22-24-14-10-9-11-15-24/h9-12,14-17H,13,18-23H2,1-8H3/t31-/m1/s1. The van der Waals surface area contributed by atoms with Gasteiger partial charge in [0.05, 0.1) is 16.9 Å². The van der Waals surface area contributed by atoms with Crippen molar-refractivity contribution in [2.24, 2.45) is 5.41 Å². The number of halogens is 2. The molecule has 0 heterocycles. The van der Waals surface area contributed by atoms with Crippen molar-refractivity contribution >= 4 is 46.7 Å². The molecule has 2 aromatic rings. The molecule has 0 aliphatic rings. The van der Waals surface area contributed by atoms with E-state index in [4.69, 9.17) is 9.16 Å². The summed E-state index contributed by atoms with van der Waals surface area (Å²) < 4.78 is 53.5. The molecule has 224 valence electrons. The number of carbonyl (C=O) groups excluding carboxylic acids is 1. The number of rotatable bonds is 14. The first kappa shape index (κ1) is 34.9. The van der Waals surface area contributed by atoms with Crippen molar-refractivity contribution in [3.63, 3.8) is 0 Å². The molecule has 0 spiro atoms. The Morgan fingerprint density at radius 3 is 2.17 bits per heavy atom. The van der Waals surface area contributed by atoms with Crippen LogP contribution in [0.5, 0.6) is 0 Å². The summed E-state index contributed by atoms with van der Waals surface area (Å²) in [6, 6.07) is 14.4. The van der Waals surface area contributed by atoms with Crippen LogP contribution in [0.4, 0.5) is 4.39 Å². The van der Waals surface area contributed by atoms with E-state index in [1.807, 2.05) is 66.8 Å². The Kier molecular flexibility index (Phi) is 12.0. The SMILES string of the molecule is CC(C)(CCC[C@@](C)(C(=O)OCc1ccccc1)c1cccc(I)c1F)CS(=O)(=O)CCO[Si](C)(C)C(C)(C)C. The first-order valence-corrected chi connectivity index (χ1v) is 19.6. The molecule has 0 aliphatic carbocycles. The topological polar surface area (TPSA) is 69.7 Å². The number of esters is 1. The fourth-order valence-corrected chi connectivity index (χ4v) is 7.97. The third-order valence-corrected chi connectivity index (χ3v) is 15.4. The molecule has 0 bridgehead atoms. The lowest BCUT2D eigenvalue weighted by Crippen LogP contribution is -2.42. The van der Waals surface area contributed by atoms with Gasteiger partial charge in [-0.1, -0.05) is 83.5 Å². The molecular weight excluding hydrogens is 658 g/mol. The molecule has 0 aromatic heterocycles. The summed E-state index contributed by atoms with van der Waals surface area (Å²) in [5.41, 5.74) is -0.587. The first-order chi connectivity index (χ1) is 18.3. The van der Waals surface area contributed by atoms with Gasteiger partial charge in [0.15, 0.2) is 18.2 Å². The molecular formula is C31H46FIO5SSi. The van der Waals surface area contributed by atoms with E-state index in [2.05, 4.69) is 33.9 Å². The minimum Gasteiger partial charge on any atom is -0.460 e. The highest BCUT2D eigenvalue weighted by atomic mass is 127. The maximum absolute atomic E-state index is 15.3. The van der Waals surface area contributed by atoms with Crippen LogP contribution in [-0.2, 0) is 35.8 Å². The summed E-state index contributed by atoms with van der Waals surface area (Å²) >= 11 is 1.93. The van der Waals surface area contributed by atoms with Gasteiger partial charge in [0.25, 0.3) is 0 Å². The monoisotopic (exact) mass is 704 g/mol. The van der Waals surface area contributed by atoms with E-state index in [1.54, 1.807) is 25.1 Å². The van der Waals surface area contributed by atoms with E-state index < -0.39 is 40.8 Å². The predicted octanol–water partition coefficient (Wildman–Crippen LogP) is 8.06. The fourth-order valence-electron chi connectivity index (χ4n) is 4.46. The third-order valence-electron chi connectivity index (χ3n) is 8.01. The van der Waals surface area contributed by atoms with Crippen LogP contribution in [-0.4, -0.2) is 40.8 Å². The van der Waals surface area contributed by atoms with Crippen LogP contribution in [0.25, 0.3) is 0 Å². The van der Waals surface area contributed by atoms with E-state index in [1.165, 1.54) is 0 Å². The van der Waals surface area contributed by atoms with Crippen LogP contribution >= 0.6 is 22.6 Å². The fraction of sp³-hybridized carbons (Fsp3) is 0.581. The van der Waals surface area contributed by atoms with E-state index in [9.17, 15) is 13.2 Å². The number of benzene rings is 2. The number of sulfone groups is 1. The molecule has 0 N–H and O–H groups in total. The van der Waals surface area contributed by atoms with Crippen LogP contribution < -0.4 is 0 Å². The van der Waals surface area contributed by atoms with Crippen LogP contribution in [0.3, 0.4) is 0 Å². The second-order valence-corrected chi connectivity index (χ2v) is 21.4. The molecule has 40 heavy (non-hydrogen) atoms. The molecule has 0 saturated carbocycles. The zero-order valence-corrected chi connectivity index (χ0v) is 29.2. The van der Waals surface area contributed by atoms with Crippen LogP contribution in [0.2, 0.25) is 18.1 Å². The Labute approximate surface area is 255 Å². The Balaban J connectivity index is 2.10. The normalized spacial score (nSPS) is 14.6. The van der Waals surface area contributed by atoms with Crippen LogP contribution in [0, 0.1) is 14.8 Å². The molecule has 0 fully saturated rings. The summed E-state index contributed by atoms with van der Waals surface area (Å²) in [5.74, 6) is -0.912. The molecule has 1 atom stereocenters. The van der Waals surface area contributed by atoms with Crippen LogP contribution in [0.1, 0.15) is 71.9 Å². The highest BCUT2D eigenvalue weighted by molar-refractivity contribution is 14.1. The highest BCUT2D eigenvalue weighted by Crippen LogP contribution is 2.38. The predicted molar refractivity (Wildman–Crippen MR) is 172 cm³/mol. The Morgan fingerprint density at radius 1 is 0.950 bits per heavy atom. The minimum atomic E-state index is -3.35. The minimum absolute atomic E-state index is 0.0138. The average molecular weight is 705 g/mol. The Morgan fingerprint density at radius 2 is 1.57 bits per heavy atom. The molecule has 9 heteroatoms. The number of ether oxygens (including phenoxy) is 1. The summed E-state index contributed by atoms with van der Waals surface area (Å²) in [7, 11) is -5.37. The van der Waals surface area contributed by atoms with Gasteiger partial charge < -0.3 is 9.16 Å². The Bertz CT molecular complexity index is 1240. The van der Waals surface area contributed by atoms with Crippen molar-refractivity contribution in [3.8, 4) is 0 Å². The summed E-state index contributed by atoms with van der Waals surface area (Å²) in [4.78, 5) is 13.5. The lowest BCUT2D eigenvalue weighted by molar-refractivity contribution is -0.152. The number of hydrogen-bond donors (Lipinski definition) is 0. The zero-order valence-electron chi connectivity index (χ0n) is 25.3. The summed E-state index contributed by atoms with van der Waals surface area (Å²) in [5, 5.41) is 0.0151. The largest absolute Gasteiger partial charge is 0.460 e. The zero-order chi connectivity index (χ0) is 30.4. The summed E-state index contributed by atoms with van der Waals surface area (Å²) in [6.07, 6.45) is 1.42. The van der Waals surface area contributed by atoms with Gasteiger partial charge in [-0.05, 0) is 77.5 Å². The van der Waals surface area contributed by atoms with E-state index >= 15 is 4.39 Å². The van der Waals surface area contributed by atoms with Gasteiger partial charge in [0, 0.05) is 15.7 Å². The van der Waals surface area contributed by atoms with Crippen molar-refractivity contribution in [2.45, 2.75) is 91.0 Å². The van der Waals surface area contributed by atoms with Gasteiger partial charge in [0.1, 0.15) is 12.4 Å². The molecule has 0 amide bonds. The second kappa shape index (κ2) is 13.8. The molecule has 2 aromatic carbocycles. The van der Waals surface area contributed by atoms with E-state index in [-0.39, 0.29) is 29.8 Å². The van der Waals surface area contributed by atoms with Crippen molar-refractivity contribution in [1.82, 2.24) is 0 Å². The highest BCUT2D eigenvalue weighted by Gasteiger charge is 2.40. The van der Waals surface area contributed by atoms with Crippen molar-refractivity contribution in [3.05, 3.63) is 69.0 Å². The van der Waals surface area contributed by atoms with Gasteiger partial charge in [-0.25, -0.2) is 12.8 Å². The Hall–Kier alpha value is -1.30. The lowest BCUT2D eigenvalue weighted by Gasteiger charge is -2.36. The molecule has 0 unspecified atom stereocenters. The first-order valence-electron chi connectivity index (χ1n) is 13.8. The summed E-state index contributed by atoms with van der Waals surface area (Å²) in [6.45, 7) is 16.5. The van der Waals surface area contributed by atoms with E-state index in [0.717, 1.165) is 5.56 Å². The second-order valence-electron chi connectivity index (χ2n) is 13.2. The maximum atomic E-state index is 15.3. The van der Waals surface area contributed by atoms with E-state index in [0.29, 0.717) is 28.4 Å². The van der Waals surface area contributed by atoms with Gasteiger partial charge in [0.2, 0.25) is 0 Å². The van der Waals surface area contributed by atoms with Crippen molar-refractivity contribution in [2.75, 3.05) is 18.1 Å². The van der Waals surface area contributed by atoms with Gasteiger partial charge in [-0.3, -0.25) is 4.79 Å². The van der Waals surface area contributed by atoms with Crippen molar-refractivity contribution < 1.29 is 26.8 Å². The third kappa shape index (κ3) is 9.91. The lowest BCUT2D eigenvalue weighted by atomic mass is 9.76. The number of carbonyl (C=O) groups is 1. The van der Waals surface area contributed by atoms with Crippen LogP contribution in [0.15, 0.2) is 48.5 Å². The molecule has 0 aliphatic heterocycles.